The molecule has 0 aliphatic carbocycles. The minimum Gasteiger partial charge on any atom is -0.465 e. The van der Waals surface area contributed by atoms with E-state index in [1.807, 2.05) is 12.3 Å². The summed E-state index contributed by atoms with van der Waals surface area (Å²) in [5.41, 5.74) is 3.34. The van der Waals surface area contributed by atoms with Crippen LogP contribution >= 0.6 is 0 Å². The number of aryl methyl sites for hydroxylation is 2. The van der Waals surface area contributed by atoms with Gasteiger partial charge in [0.1, 0.15) is 11.3 Å². The molecule has 162 valence electrons. The molecule has 8 nitrogen and oxygen atoms in total. The van der Waals surface area contributed by atoms with Gasteiger partial charge in [0.15, 0.2) is 0 Å². The SMILES string of the molecule is COC(=O)c1ccc(-c2c3c(C#N)cc(-c4cnn(C)c4)cc3nn2C)cc1OC(F)F. The molecule has 0 fully saturated rings. The highest BCUT2D eigenvalue weighted by atomic mass is 19.3. The minimum atomic E-state index is -3.13. The van der Waals surface area contributed by atoms with Crippen molar-refractivity contribution in [2.75, 3.05) is 7.11 Å². The maximum Gasteiger partial charge on any atom is 0.387 e. The molecule has 10 heteroatoms. The number of carbonyl (C=O) groups excluding carboxylic acids is 1. The summed E-state index contributed by atoms with van der Waals surface area (Å²) < 4.78 is 38.3. The average molecular weight is 437 g/mol. The van der Waals surface area contributed by atoms with Crippen LogP contribution in [0.1, 0.15) is 15.9 Å². The van der Waals surface area contributed by atoms with Crippen molar-refractivity contribution in [1.82, 2.24) is 19.6 Å². The van der Waals surface area contributed by atoms with Gasteiger partial charge in [-0.15, -0.1) is 0 Å². The van der Waals surface area contributed by atoms with Gasteiger partial charge in [0, 0.05) is 36.8 Å². The highest BCUT2D eigenvalue weighted by Crippen LogP contribution is 2.36. The van der Waals surface area contributed by atoms with Crippen LogP contribution in [0, 0.1) is 11.3 Å². The summed E-state index contributed by atoms with van der Waals surface area (Å²) in [5.74, 6) is -1.13. The second-order valence-electron chi connectivity index (χ2n) is 6.99. The first-order valence-electron chi connectivity index (χ1n) is 9.39. The quantitative estimate of drug-likeness (QED) is 0.440. The van der Waals surface area contributed by atoms with E-state index in [2.05, 4.69) is 25.7 Å². The number of ether oxygens (including phenoxy) is 2. The van der Waals surface area contributed by atoms with Crippen molar-refractivity contribution < 1.29 is 23.0 Å². The first kappa shape index (κ1) is 21.0. The molecule has 2 aromatic carbocycles. The Bertz CT molecular complexity index is 1380. The predicted molar refractivity (Wildman–Crippen MR) is 111 cm³/mol. The van der Waals surface area contributed by atoms with Crippen LogP contribution in [0.25, 0.3) is 33.3 Å². The standard InChI is InChI=1S/C22H17F2N5O3/c1-28-11-15(10-26-28)13-6-14(9-25)19-17(7-13)27-29(2)20(19)12-4-5-16(21(30)31-3)18(8-12)32-22(23)24/h4-8,10-11,22H,1-3H3. The number of carbonyl (C=O) groups is 1. The molecule has 0 radical (unpaired) electrons. The van der Waals surface area contributed by atoms with Gasteiger partial charge in [0.25, 0.3) is 0 Å². The van der Waals surface area contributed by atoms with Gasteiger partial charge in [0.05, 0.1) is 36.1 Å². The van der Waals surface area contributed by atoms with Crippen LogP contribution in [0.2, 0.25) is 0 Å². The third kappa shape index (κ3) is 3.65. The van der Waals surface area contributed by atoms with Crippen LogP contribution in [-0.2, 0) is 18.8 Å². The van der Waals surface area contributed by atoms with Crippen LogP contribution in [0.5, 0.6) is 5.75 Å². The molecule has 0 N–H and O–H groups in total. The molecule has 0 atom stereocenters. The summed E-state index contributed by atoms with van der Waals surface area (Å²) in [7, 11) is 4.63. The van der Waals surface area contributed by atoms with E-state index in [1.54, 1.807) is 41.8 Å². The lowest BCUT2D eigenvalue weighted by atomic mass is 9.98. The largest absolute Gasteiger partial charge is 0.465 e. The Morgan fingerprint density at radius 2 is 1.94 bits per heavy atom. The molecule has 0 aliphatic heterocycles. The fourth-order valence-electron chi connectivity index (χ4n) is 3.63. The summed E-state index contributed by atoms with van der Waals surface area (Å²) in [6, 6.07) is 9.96. The summed E-state index contributed by atoms with van der Waals surface area (Å²) in [4.78, 5) is 12.0. The van der Waals surface area contributed by atoms with E-state index >= 15 is 0 Å². The first-order valence-corrected chi connectivity index (χ1v) is 9.39. The summed E-state index contributed by atoms with van der Waals surface area (Å²) >= 11 is 0. The number of rotatable bonds is 5. The molecule has 32 heavy (non-hydrogen) atoms. The van der Waals surface area contributed by atoms with Crippen molar-refractivity contribution in [2.45, 2.75) is 6.61 Å². The molecule has 2 aromatic heterocycles. The van der Waals surface area contributed by atoms with Gasteiger partial charge in [-0.1, -0.05) is 6.07 Å². The number of fused-ring (bicyclic) bond motifs is 1. The van der Waals surface area contributed by atoms with E-state index in [4.69, 9.17) is 0 Å². The Morgan fingerprint density at radius 1 is 1.16 bits per heavy atom. The number of nitrogens with zero attached hydrogens (tertiary/aromatic N) is 5. The van der Waals surface area contributed by atoms with Crippen LogP contribution in [0.4, 0.5) is 8.78 Å². The smallest absolute Gasteiger partial charge is 0.387 e. The lowest BCUT2D eigenvalue weighted by molar-refractivity contribution is -0.0503. The van der Waals surface area contributed by atoms with Crippen LogP contribution < -0.4 is 4.74 Å². The number of hydrogen-bond donors (Lipinski definition) is 0. The highest BCUT2D eigenvalue weighted by Gasteiger charge is 2.21. The summed E-state index contributed by atoms with van der Waals surface area (Å²) in [5, 5.41) is 19.0. The lowest BCUT2D eigenvalue weighted by Crippen LogP contribution is -2.09. The third-order valence-electron chi connectivity index (χ3n) is 4.97. The van der Waals surface area contributed by atoms with Gasteiger partial charge < -0.3 is 9.47 Å². The van der Waals surface area contributed by atoms with Crippen molar-refractivity contribution in [1.29, 1.82) is 5.26 Å². The number of esters is 1. The van der Waals surface area contributed by atoms with Crippen molar-refractivity contribution in [3.05, 3.63) is 53.9 Å². The number of nitriles is 1. The third-order valence-corrected chi connectivity index (χ3v) is 4.97. The van der Waals surface area contributed by atoms with Crippen molar-refractivity contribution in [3.63, 3.8) is 0 Å². The van der Waals surface area contributed by atoms with E-state index < -0.39 is 12.6 Å². The Labute approximate surface area is 181 Å². The number of methoxy groups -OCH3 is 1. The fourth-order valence-corrected chi connectivity index (χ4v) is 3.63. The van der Waals surface area contributed by atoms with Crippen LogP contribution in [0.3, 0.4) is 0 Å². The van der Waals surface area contributed by atoms with Gasteiger partial charge in [-0.2, -0.15) is 24.2 Å². The predicted octanol–water partition coefficient (Wildman–Crippen LogP) is 3.90. The van der Waals surface area contributed by atoms with E-state index in [0.717, 1.165) is 18.2 Å². The molecule has 4 rings (SSSR count). The van der Waals surface area contributed by atoms with Crippen molar-refractivity contribution >= 4 is 16.9 Å². The Balaban J connectivity index is 1.92. The molecule has 0 saturated carbocycles. The monoisotopic (exact) mass is 437 g/mol. The molecule has 0 spiro atoms. The Kier molecular flexibility index (Phi) is 5.32. The lowest BCUT2D eigenvalue weighted by Gasteiger charge is -2.12. The molecule has 0 unspecified atom stereocenters. The fraction of sp³-hybridized carbons (Fsp3) is 0.182. The Morgan fingerprint density at radius 3 is 2.56 bits per heavy atom. The van der Waals surface area contributed by atoms with Gasteiger partial charge in [-0.3, -0.25) is 9.36 Å². The molecule has 2 heterocycles. The van der Waals surface area contributed by atoms with Crippen LogP contribution in [0.15, 0.2) is 42.7 Å². The number of benzene rings is 2. The van der Waals surface area contributed by atoms with Gasteiger partial charge in [-0.05, 0) is 29.8 Å². The molecular weight excluding hydrogens is 420 g/mol. The number of halogens is 2. The summed E-state index contributed by atoms with van der Waals surface area (Å²) in [6.45, 7) is -3.13. The second kappa shape index (κ2) is 8.11. The number of hydrogen-bond acceptors (Lipinski definition) is 6. The van der Waals surface area contributed by atoms with Gasteiger partial charge in [-0.25, -0.2) is 4.79 Å². The second-order valence-corrected chi connectivity index (χ2v) is 6.99. The minimum absolute atomic E-state index is 0.137. The average Bonchev–Trinajstić information content (AvgIpc) is 3.34. The van der Waals surface area contributed by atoms with E-state index in [1.165, 1.54) is 12.1 Å². The molecule has 0 saturated heterocycles. The maximum absolute atomic E-state index is 13.0. The molecule has 0 amide bonds. The zero-order chi connectivity index (χ0) is 23.0. The Hall–Kier alpha value is -4.26. The van der Waals surface area contributed by atoms with Gasteiger partial charge >= 0.3 is 12.6 Å². The van der Waals surface area contributed by atoms with E-state index in [0.29, 0.717) is 27.7 Å². The molecular formula is C22H17F2N5O3. The summed E-state index contributed by atoms with van der Waals surface area (Å²) in [6.07, 6.45) is 3.51. The topological polar surface area (TPSA) is 95.0 Å². The van der Waals surface area contributed by atoms with Gasteiger partial charge in [0.2, 0.25) is 0 Å². The first-order chi connectivity index (χ1) is 15.3. The maximum atomic E-state index is 13.0. The molecule has 4 aromatic rings. The highest BCUT2D eigenvalue weighted by molar-refractivity contribution is 6.01. The van der Waals surface area contributed by atoms with Crippen molar-refractivity contribution in [2.24, 2.45) is 14.1 Å². The van der Waals surface area contributed by atoms with E-state index in [9.17, 15) is 18.8 Å². The molecule has 0 aliphatic rings. The van der Waals surface area contributed by atoms with Crippen molar-refractivity contribution in [3.8, 4) is 34.2 Å². The zero-order valence-electron chi connectivity index (χ0n) is 17.3. The van der Waals surface area contributed by atoms with Crippen LogP contribution in [-0.4, -0.2) is 39.3 Å². The number of aromatic nitrogens is 4. The molecule has 0 bridgehead atoms. The normalized spacial score (nSPS) is 11.0. The zero-order valence-corrected chi connectivity index (χ0v) is 17.3. The van der Waals surface area contributed by atoms with E-state index in [-0.39, 0.29) is 11.3 Å². The number of alkyl halides is 2.